The number of nitrogens with zero attached hydrogens (tertiary/aromatic N) is 7. The largest absolute Gasteiger partial charge is 0.508 e. The van der Waals surface area contributed by atoms with Gasteiger partial charge >= 0.3 is 6.01 Å². The maximum Gasteiger partial charge on any atom is 0.318 e. The predicted molar refractivity (Wildman–Crippen MR) is 143 cm³/mol. The van der Waals surface area contributed by atoms with Crippen molar-refractivity contribution >= 4 is 5.82 Å². The van der Waals surface area contributed by atoms with E-state index < -0.39 is 11.8 Å². The zero-order valence-electron chi connectivity index (χ0n) is 22.6. The molecule has 1 aromatic carbocycles. The standard InChI is InChI=1S/C29H34FN7O3/c30-20-12-28(6-1-9-36(28)15-20)18-39-27-32-25-13-29(7-5-19-3-4-22(38)11-24(19)29)40-17-23(25)26(33-27)35-8-2-10-37-21(16-35)14-31-34-37/h3-4,11,14,20,38H,1-2,5-10,12-13,15-18H2/t20-,28+,29?/m1/s1. The van der Waals surface area contributed by atoms with E-state index in [4.69, 9.17) is 19.4 Å². The van der Waals surface area contributed by atoms with Gasteiger partial charge in [-0.2, -0.15) is 9.97 Å². The van der Waals surface area contributed by atoms with Gasteiger partial charge in [0, 0.05) is 38.0 Å². The Morgan fingerprint density at radius 1 is 1.15 bits per heavy atom. The maximum absolute atomic E-state index is 14.4. The summed E-state index contributed by atoms with van der Waals surface area (Å²) in [6, 6.07) is 5.94. The summed E-state index contributed by atoms with van der Waals surface area (Å²) in [6.07, 6.45) is 6.75. The number of ether oxygens (including phenoxy) is 2. The van der Waals surface area contributed by atoms with Crippen molar-refractivity contribution in [3.8, 4) is 11.8 Å². The molecule has 4 aliphatic heterocycles. The molecule has 40 heavy (non-hydrogen) atoms. The summed E-state index contributed by atoms with van der Waals surface area (Å²) in [4.78, 5) is 14.5. The third-order valence-corrected chi connectivity index (χ3v) is 9.76. The molecule has 2 aromatic heterocycles. The van der Waals surface area contributed by atoms with Crippen LogP contribution in [0.5, 0.6) is 11.8 Å². The molecule has 0 amide bonds. The molecule has 1 unspecified atom stereocenters. The summed E-state index contributed by atoms with van der Waals surface area (Å²) in [7, 11) is 0. The van der Waals surface area contributed by atoms with Gasteiger partial charge in [0.15, 0.2) is 0 Å². The van der Waals surface area contributed by atoms with Gasteiger partial charge in [-0.15, -0.1) is 5.10 Å². The van der Waals surface area contributed by atoms with Crippen LogP contribution in [-0.2, 0) is 42.9 Å². The molecular weight excluding hydrogens is 513 g/mol. The van der Waals surface area contributed by atoms with Gasteiger partial charge in [0.1, 0.15) is 24.3 Å². The Labute approximate surface area is 232 Å². The van der Waals surface area contributed by atoms with E-state index >= 15 is 0 Å². The third kappa shape index (κ3) is 3.88. The SMILES string of the molecule is Oc1ccc2c(c1)C1(CC2)Cc2nc(OC[C@@]34CCCN3C[C@H](F)C4)nc(N3CCCn4nncc4C3)c2CO1. The average Bonchev–Trinajstić information content (AvgIpc) is 3.67. The van der Waals surface area contributed by atoms with Crippen LogP contribution in [0.3, 0.4) is 0 Å². The first-order chi connectivity index (χ1) is 19.5. The van der Waals surface area contributed by atoms with Gasteiger partial charge in [-0.05, 0) is 61.9 Å². The van der Waals surface area contributed by atoms with Crippen LogP contribution in [0.25, 0.3) is 0 Å². The molecule has 1 N–H and O–H groups in total. The van der Waals surface area contributed by atoms with Crippen molar-refractivity contribution in [3.63, 3.8) is 0 Å². The molecule has 0 bridgehead atoms. The molecule has 3 aromatic rings. The topological polar surface area (TPSA) is 102 Å². The molecule has 210 valence electrons. The molecule has 2 saturated heterocycles. The minimum atomic E-state index is -0.810. The highest BCUT2D eigenvalue weighted by atomic mass is 19.1. The lowest BCUT2D eigenvalue weighted by Crippen LogP contribution is -2.43. The van der Waals surface area contributed by atoms with Gasteiger partial charge in [0.2, 0.25) is 0 Å². The van der Waals surface area contributed by atoms with Crippen molar-refractivity contribution in [2.75, 3.05) is 31.1 Å². The highest BCUT2D eigenvalue weighted by molar-refractivity contribution is 5.53. The van der Waals surface area contributed by atoms with Crippen LogP contribution in [0.4, 0.5) is 10.2 Å². The molecule has 2 fully saturated rings. The number of aromatic hydroxyl groups is 1. The van der Waals surface area contributed by atoms with Crippen molar-refractivity contribution in [3.05, 3.63) is 52.5 Å². The van der Waals surface area contributed by atoms with Gasteiger partial charge in [-0.25, -0.2) is 9.07 Å². The Hall–Kier alpha value is -3.31. The number of alkyl halides is 1. The van der Waals surface area contributed by atoms with Crippen LogP contribution in [0.2, 0.25) is 0 Å². The molecule has 11 heteroatoms. The highest BCUT2D eigenvalue weighted by Crippen LogP contribution is 2.48. The van der Waals surface area contributed by atoms with Gasteiger partial charge in [-0.1, -0.05) is 11.3 Å². The fraction of sp³-hybridized carbons (Fsp3) is 0.586. The number of anilines is 1. The number of halogens is 1. The highest BCUT2D eigenvalue weighted by Gasteiger charge is 2.50. The number of hydrogen-bond acceptors (Lipinski definition) is 9. The second-order valence-corrected chi connectivity index (χ2v) is 12.1. The Balaban J connectivity index is 1.16. The Morgan fingerprint density at radius 2 is 2.10 bits per heavy atom. The maximum atomic E-state index is 14.4. The number of aryl methyl sites for hydroxylation is 2. The number of aromatic nitrogens is 5. The fourth-order valence-electron chi connectivity index (χ4n) is 7.76. The fourth-order valence-corrected chi connectivity index (χ4v) is 7.76. The van der Waals surface area contributed by atoms with Gasteiger partial charge in [0.25, 0.3) is 0 Å². The van der Waals surface area contributed by atoms with E-state index in [0.29, 0.717) is 45.2 Å². The van der Waals surface area contributed by atoms with E-state index in [2.05, 4.69) is 20.1 Å². The first kappa shape index (κ1) is 24.5. The molecule has 1 aliphatic carbocycles. The predicted octanol–water partition coefficient (Wildman–Crippen LogP) is 3.05. The van der Waals surface area contributed by atoms with Crippen LogP contribution >= 0.6 is 0 Å². The van der Waals surface area contributed by atoms with E-state index in [1.54, 1.807) is 6.07 Å². The van der Waals surface area contributed by atoms with Gasteiger partial charge < -0.3 is 19.5 Å². The smallest absolute Gasteiger partial charge is 0.318 e. The van der Waals surface area contributed by atoms with Crippen LogP contribution in [0.15, 0.2) is 24.4 Å². The summed E-state index contributed by atoms with van der Waals surface area (Å²) in [5.41, 5.74) is 4.41. The third-order valence-electron chi connectivity index (χ3n) is 9.76. The van der Waals surface area contributed by atoms with Gasteiger partial charge in [-0.3, -0.25) is 4.90 Å². The van der Waals surface area contributed by atoms with Crippen LogP contribution in [0, 0.1) is 0 Å². The molecule has 10 nitrogen and oxygen atoms in total. The molecule has 1 spiro atoms. The minimum absolute atomic E-state index is 0.250. The quantitative estimate of drug-likeness (QED) is 0.528. The normalized spacial score (nSPS) is 29.2. The number of fused-ring (bicyclic) bond motifs is 5. The van der Waals surface area contributed by atoms with Crippen molar-refractivity contribution in [2.24, 2.45) is 0 Å². The lowest BCUT2D eigenvalue weighted by Gasteiger charge is -2.37. The summed E-state index contributed by atoms with van der Waals surface area (Å²) >= 11 is 0. The second-order valence-electron chi connectivity index (χ2n) is 12.1. The van der Waals surface area contributed by atoms with Gasteiger partial charge in [0.05, 0.1) is 41.9 Å². The first-order valence-electron chi connectivity index (χ1n) is 14.5. The van der Waals surface area contributed by atoms with Crippen molar-refractivity contribution < 1.29 is 19.0 Å². The molecule has 3 atom stereocenters. The Kier molecular flexibility index (Phi) is 5.57. The van der Waals surface area contributed by atoms with E-state index in [1.807, 2.05) is 23.0 Å². The number of rotatable bonds is 4. The van der Waals surface area contributed by atoms with Crippen LogP contribution < -0.4 is 9.64 Å². The van der Waals surface area contributed by atoms with Crippen LogP contribution in [0.1, 0.15) is 60.2 Å². The lowest BCUT2D eigenvalue weighted by molar-refractivity contribution is -0.0731. The Morgan fingerprint density at radius 3 is 3.05 bits per heavy atom. The van der Waals surface area contributed by atoms with E-state index in [-0.39, 0.29) is 11.3 Å². The van der Waals surface area contributed by atoms with Crippen molar-refractivity contribution in [2.45, 2.75) is 82.0 Å². The number of phenols is 1. The Bertz CT molecular complexity index is 1470. The summed E-state index contributed by atoms with van der Waals surface area (Å²) in [6.45, 7) is 4.44. The zero-order valence-corrected chi connectivity index (χ0v) is 22.6. The van der Waals surface area contributed by atoms with E-state index in [9.17, 15) is 9.50 Å². The van der Waals surface area contributed by atoms with Crippen molar-refractivity contribution in [1.29, 1.82) is 0 Å². The number of hydrogen-bond donors (Lipinski definition) is 1. The molecule has 0 saturated carbocycles. The molecular formula is C29H34FN7O3. The van der Waals surface area contributed by atoms with E-state index in [1.165, 1.54) is 5.56 Å². The first-order valence-corrected chi connectivity index (χ1v) is 14.5. The summed E-state index contributed by atoms with van der Waals surface area (Å²) in [5.74, 6) is 1.08. The summed E-state index contributed by atoms with van der Waals surface area (Å²) in [5, 5.41) is 18.6. The summed E-state index contributed by atoms with van der Waals surface area (Å²) < 4.78 is 29.4. The monoisotopic (exact) mass is 547 g/mol. The van der Waals surface area contributed by atoms with E-state index in [0.717, 1.165) is 80.1 Å². The number of phenolic OH excluding ortho intramolecular Hbond substituents is 1. The lowest BCUT2D eigenvalue weighted by atomic mass is 9.86. The second kappa shape index (κ2) is 9.10. The molecule has 6 heterocycles. The molecule has 5 aliphatic rings. The molecule has 8 rings (SSSR count). The zero-order chi connectivity index (χ0) is 26.9. The van der Waals surface area contributed by atoms with Crippen molar-refractivity contribution in [1.82, 2.24) is 29.9 Å². The minimum Gasteiger partial charge on any atom is -0.508 e. The van der Waals surface area contributed by atoms with Crippen LogP contribution in [-0.4, -0.2) is 72.9 Å². The number of benzene rings is 1. The molecule has 0 radical (unpaired) electrons. The average molecular weight is 548 g/mol.